The summed E-state index contributed by atoms with van der Waals surface area (Å²) < 4.78 is 0. The molecule has 1 aliphatic rings. The number of aromatic hydroxyl groups is 1. The van der Waals surface area contributed by atoms with Crippen molar-refractivity contribution in [3.8, 4) is 5.75 Å². The van der Waals surface area contributed by atoms with Crippen LogP contribution in [0.15, 0.2) is 42.5 Å². The van der Waals surface area contributed by atoms with Gasteiger partial charge in [-0.15, -0.1) is 0 Å². The molecule has 0 bridgehead atoms. The fourth-order valence-electron chi connectivity index (χ4n) is 2.83. The van der Waals surface area contributed by atoms with E-state index in [4.69, 9.17) is 11.6 Å². The quantitative estimate of drug-likeness (QED) is 0.918. The summed E-state index contributed by atoms with van der Waals surface area (Å²) in [5.41, 5.74) is 2.41. The number of carbonyl (C=O) groups excluding carboxylic acids is 1. The molecule has 4 nitrogen and oxygen atoms in total. The van der Waals surface area contributed by atoms with Crippen LogP contribution in [0, 0.1) is 6.92 Å². The van der Waals surface area contributed by atoms with Gasteiger partial charge < -0.3 is 14.9 Å². The molecule has 0 aromatic heterocycles. The summed E-state index contributed by atoms with van der Waals surface area (Å²) in [4.78, 5) is 16.6. The van der Waals surface area contributed by atoms with Crippen LogP contribution in [0.3, 0.4) is 0 Å². The number of nitrogens with zero attached hydrogens (tertiary/aromatic N) is 2. The first-order valence-corrected chi connectivity index (χ1v) is 8.02. The summed E-state index contributed by atoms with van der Waals surface area (Å²) in [6.07, 6.45) is 0. The molecule has 2 aromatic rings. The molecular weight excluding hydrogens is 312 g/mol. The molecule has 0 saturated carbocycles. The van der Waals surface area contributed by atoms with E-state index in [1.54, 1.807) is 23.1 Å². The Bertz CT molecular complexity index is 725. The van der Waals surface area contributed by atoms with E-state index in [1.165, 1.54) is 0 Å². The molecule has 3 rings (SSSR count). The molecule has 0 radical (unpaired) electrons. The molecule has 1 amide bonds. The molecule has 1 N–H and O–H groups in total. The normalized spacial score (nSPS) is 14.9. The lowest BCUT2D eigenvalue weighted by Gasteiger charge is -2.36. The first kappa shape index (κ1) is 15.7. The number of anilines is 1. The van der Waals surface area contributed by atoms with Gasteiger partial charge in [-0.25, -0.2) is 0 Å². The standard InChI is InChI=1S/C18H19ClN2O2/c1-13-5-6-17(22)16(11-13)18(23)21-9-7-20(8-10-21)15-4-2-3-14(19)12-15/h2-6,11-12,22H,7-10H2,1H3. The molecule has 1 aliphatic heterocycles. The van der Waals surface area contributed by atoms with Gasteiger partial charge in [-0.05, 0) is 37.3 Å². The third kappa shape index (κ3) is 3.42. The highest BCUT2D eigenvalue weighted by Crippen LogP contribution is 2.23. The highest BCUT2D eigenvalue weighted by Gasteiger charge is 2.24. The Labute approximate surface area is 140 Å². The van der Waals surface area contributed by atoms with Crippen LogP contribution >= 0.6 is 11.6 Å². The number of phenolic OH excluding ortho intramolecular Hbond substituents is 1. The Kier molecular flexibility index (Phi) is 4.44. The number of phenols is 1. The van der Waals surface area contributed by atoms with Gasteiger partial charge in [0.05, 0.1) is 5.56 Å². The maximum Gasteiger partial charge on any atom is 0.257 e. The van der Waals surface area contributed by atoms with Crippen molar-refractivity contribution in [3.63, 3.8) is 0 Å². The molecule has 23 heavy (non-hydrogen) atoms. The molecule has 1 fully saturated rings. The van der Waals surface area contributed by atoms with E-state index in [-0.39, 0.29) is 11.7 Å². The second kappa shape index (κ2) is 6.50. The lowest BCUT2D eigenvalue weighted by Crippen LogP contribution is -2.48. The van der Waals surface area contributed by atoms with E-state index in [0.717, 1.165) is 24.3 Å². The number of benzene rings is 2. The molecule has 0 aliphatic carbocycles. The molecule has 5 heteroatoms. The lowest BCUT2D eigenvalue weighted by atomic mass is 10.1. The highest BCUT2D eigenvalue weighted by atomic mass is 35.5. The fraction of sp³-hybridized carbons (Fsp3) is 0.278. The number of hydrogen-bond donors (Lipinski definition) is 1. The van der Waals surface area contributed by atoms with Gasteiger partial charge in [0, 0.05) is 36.9 Å². The Balaban J connectivity index is 1.69. The largest absolute Gasteiger partial charge is 0.507 e. The van der Waals surface area contributed by atoms with Crippen LogP contribution in [-0.4, -0.2) is 42.1 Å². The summed E-state index contributed by atoms with van der Waals surface area (Å²) >= 11 is 6.04. The van der Waals surface area contributed by atoms with Crippen molar-refractivity contribution in [2.24, 2.45) is 0 Å². The van der Waals surface area contributed by atoms with Crippen molar-refractivity contribution in [1.82, 2.24) is 4.90 Å². The maximum absolute atomic E-state index is 12.6. The molecule has 1 saturated heterocycles. The van der Waals surface area contributed by atoms with E-state index in [0.29, 0.717) is 23.7 Å². The number of amides is 1. The highest BCUT2D eigenvalue weighted by molar-refractivity contribution is 6.30. The van der Waals surface area contributed by atoms with Crippen molar-refractivity contribution >= 4 is 23.2 Å². The zero-order valence-corrected chi connectivity index (χ0v) is 13.8. The van der Waals surface area contributed by atoms with Gasteiger partial charge in [-0.2, -0.15) is 0 Å². The zero-order chi connectivity index (χ0) is 16.4. The Hall–Kier alpha value is -2.20. The summed E-state index contributed by atoms with van der Waals surface area (Å²) in [7, 11) is 0. The van der Waals surface area contributed by atoms with E-state index in [9.17, 15) is 9.90 Å². The van der Waals surface area contributed by atoms with Gasteiger partial charge in [0.25, 0.3) is 5.91 Å². The molecule has 1 heterocycles. The average Bonchev–Trinajstić information content (AvgIpc) is 2.56. The van der Waals surface area contributed by atoms with Gasteiger partial charge in [-0.1, -0.05) is 29.3 Å². The van der Waals surface area contributed by atoms with Gasteiger partial charge in [0.2, 0.25) is 0 Å². The molecule has 0 atom stereocenters. The molecular formula is C18H19ClN2O2. The monoisotopic (exact) mass is 330 g/mol. The second-order valence-electron chi connectivity index (χ2n) is 5.78. The Morgan fingerprint density at radius 2 is 1.83 bits per heavy atom. The van der Waals surface area contributed by atoms with Crippen LogP contribution in [0.2, 0.25) is 5.02 Å². The van der Waals surface area contributed by atoms with Crippen molar-refractivity contribution < 1.29 is 9.90 Å². The molecule has 120 valence electrons. The number of piperazine rings is 1. The SMILES string of the molecule is Cc1ccc(O)c(C(=O)N2CCN(c3cccc(Cl)c3)CC2)c1. The van der Waals surface area contributed by atoms with Crippen molar-refractivity contribution in [2.75, 3.05) is 31.1 Å². The Morgan fingerprint density at radius 3 is 2.52 bits per heavy atom. The summed E-state index contributed by atoms with van der Waals surface area (Å²) in [5, 5.41) is 10.6. The minimum atomic E-state index is -0.114. The van der Waals surface area contributed by atoms with E-state index >= 15 is 0 Å². The minimum absolute atomic E-state index is 0.0397. The van der Waals surface area contributed by atoms with Crippen LogP contribution in [-0.2, 0) is 0 Å². The first-order chi connectivity index (χ1) is 11.0. The van der Waals surface area contributed by atoms with Gasteiger partial charge in [0.15, 0.2) is 0 Å². The molecule has 0 spiro atoms. The van der Waals surface area contributed by atoms with Crippen LogP contribution in [0.1, 0.15) is 15.9 Å². The summed E-state index contributed by atoms with van der Waals surface area (Å²) in [5.74, 6) is -0.0742. The van der Waals surface area contributed by atoms with Crippen molar-refractivity contribution in [1.29, 1.82) is 0 Å². The van der Waals surface area contributed by atoms with Crippen LogP contribution < -0.4 is 4.90 Å². The maximum atomic E-state index is 12.6. The zero-order valence-electron chi connectivity index (χ0n) is 13.0. The van der Waals surface area contributed by atoms with E-state index in [1.807, 2.05) is 31.2 Å². The van der Waals surface area contributed by atoms with E-state index < -0.39 is 0 Å². The molecule has 2 aromatic carbocycles. The van der Waals surface area contributed by atoms with Crippen molar-refractivity contribution in [2.45, 2.75) is 6.92 Å². The summed E-state index contributed by atoms with van der Waals surface area (Å²) in [6.45, 7) is 4.65. The van der Waals surface area contributed by atoms with Crippen LogP contribution in [0.25, 0.3) is 0 Å². The van der Waals surface area contributed by atoms with Crippen molar-refractivity contribution in [3.05, 3.63) is 58.6 Å². The second-order valence-corrected chi connectivity index (χ2v) is 6.22. The number of carbonyl (C=O) groups is 1. The predicted molar refractivity (Wildman–Crippen MR) is 92.4 cm³/mol. The minimum Gasteiger partial charge on any atom is -0.507 e. The number of hydrogen-bond acceptors (Lipinski definition) is 3. The molecule has 0 unspecified atom stereocenters. The smallest absolute Gasteiger partial charge is 0.257 e. The summed E-state index contributed by atoms with van der Waals surface area (Å²) in [6, 6.07) is 12.8. The van der Waals surface area contributed by atoms with Gasteiger partial charge >= 0.3 is 0 Å². The average molecular weight is 331 g/mol. The van der Waals surface area contributed by atoms with E-state index in [2.05, 4.69) is 4.90 Å². The first-order valence-electron chi connectivity index (χ1n) is 7.64. The predicted octanol–water partition coefficient (Wildman–Crippen LogP) is 3.32. The third-order valence-corrected chi connectivity index (χ3v) is 4.36. The number of rotatable bonds is 2. The topological polar surface area (TPSA) is 43.8 Å². The Morgan fingerprint density at radius 1 is 1.09 bits per heavy atom. The van der Waals surface area contributed by atoms with Gasteiger partial charge in [-0.3, -0.25) is 4.79 Å². The fourth-order valence-corrected chi connectivity index (χ4v) is 3.02. The van der Waals surface area contributed by atoms with Crippen LogP contribution in [0.5, 0.6) is 5.75 Å². The third-order valence-electron chi connectivity index (χ3n) is 4.12. The number of aryl methyl sites for hydroxylation is 1. The number of halogens is 1. The lowest BCUT2D eigenvalue weighted by molar-refractivity contribution is 0.0743. The van der Waals surface area contributed by atoms with Gasteiger partial charge in [0.1, 0.15) is 5.75 Å². The van der Waals surface area contributed by atoms with Crippen LogP contribution in [0.4, 0.5) is 5.69 Å².